The number of rotatable bonds is 8. The first kappa shape index (κ1) is 23.2. The number of aromatic nitrogens is 1. The van der Waals surface area contributed by atoms with Crippen LogP contribution < -0.4 is 10.6 Å². The van der Waals surface area contributed by atoms with Gasteiger partial charge in [0.15, 0.2) is 0 Å². The van der Waals surface area contributed by atoms with Crippen LogP contribution in [0.5, 0.6) is 0 Å². The first-order valence-corrected chi connectivity index (χ1v) is 12.2. The van der Waals surface area contributed by atoms with Crippen molar-refractivity contribution in [2.45, 2.75) is 26.8 Å². The van der Waals surface area contributed by atoms with Gasteiger partial charge >= 0.3 is 6.03 Å². The van der Waals surface area contributed by atoms with Crippen molar-refractivity contribution in [3.05, 3.63) is 59.4 Å². The second kappa shape index (κ2) is 10.2. The van der Waals surface area contributed by atoms with E-state index < -0.39 is 16.1 Å². The third-order valence-corrected chi connectivity index (χ3v) is 7.49. The van der Waals surface area contributed by atoms with Crippen molar-refractivity contribution >= 4 is 21.7 Å². The van der Waals surface area contributed by atoms with Crippen LogP contribution in [-0.2, 0) is 23.0 Å². The minimum Gasteiger partial charge on any atom is -0.351 e. The number of nitrogens with two attached hydrogens (primary N) is 1. The van der Waals surface area contributed by atoms with E-state index >= 15 is 0 Å². The van der Waals surface area contributed by atoms with Crippen molar-refractivity contribution < 1.29 is 13.2 Å². The number of anilines is 1. The highest BCUT2D eigenvalue weighted by Crippen LogP contribution is 2.18. The highest BCUT2D eigenvalue weighted by atomic mass is 32.2. The average Bonchev–Trinajstić information content (AvgIpc) is 2.77. The van der Waals surface area contributed by atoms with Gasteiger partial charge in [0.05, 0.1) is 24.2 Å². The van der Waals surface area contributed by atoms with Gasteiger partial charge in [0.2, 0.25) is 10.0 Å². The molecule has 0 unspecified atom stereocenters. The maximum absolute atomic E-state index is 12.0. The first-order chi connectivity index (χ1) is 14.8. The molecule has 1 fully saturated rings. The Kier molecular flexibility index (Phi) is 7.64. The molecule has 168 valence electrons. The Balaban J connectivity index is 1.58. The number of sulfonamides is 1. The Morgan fingerprint density at radius 1 is 1.13 bits per heavy atom. The molecular formula is C22H31N5O3S. The van der Waals surface area contributed by atoms with Crippen LogP contribution >= 0.6 is 0 Å². The van der Waals surface area contributed by atoms with Gasteiger partial charge in [-0.3, -0.25) is 9.88 Å². The summed E-state index contributed by atoms with van der Waals surface area (Å²) in [6.45, 7) is 7.41. The summed E-state index contributed by atoms with van der Waals surface area (Å²) >= 11 is 0. The lowest BCUT2D eigenvalue weighted by molar-refractivity contribution is 0.190. The number of nitrogens with zero attached hydrogens (tertiary/aromatic N) is 4. The molecule has 2 amide bonds. The Hall–Kier alpha value is -2.49. The number of urea groups is 1. The number of pyridine rings is 1. The van der Waals surface area contributed by atoms with Gasteiger partial charge < -0.3 is 10.6 Å². The molecular weight excluding hydrogens is 414 g/mol. The van der Waals surface area contributed by atoms with Crippen molar-refractivity contribution in [1.29, 1.82) is 0 Å². The molecule has 31 heavy (non-hydrogen) atoms. The number of carbonyl (C=O) groups is 1. The minimum atomic E-state index is -3.10. The minimum absolute atomic E-state index is 0.154. The van der Waals surface area contributed by atoms with Gasteiger partial charge in [-0.1, -0.05) is 24.3 Å². The van der Waals surface area contributed by atoms with E-state index in [1.165, 1.54) is 10.5 Å². The van der Waals surface area contributed by atoms with Crippen molar-refractivity contribution in [2.24, 2.45) is 5.73 Å². The molecule has 1 saturated heterocycles. The number of piperazine rings is 1. The molecule has 0 atom stereocenters. The summed E-state index contributed by atoms with van der Waals surface area (Å²) in [5.74, 6) is 0.154. The van der Waals surface area contributed by atoms with Crippen LogP contribution in [0.1, 0.15) is 23.7 Å². The summed E-state index contributed by atoms with van der Waals surface area (Å²) < 4.78 is 25.6. The van der Waals surface area contributed by atoms with E-state index in [0.29, 0.717) is 25.3 Å². The van der Waals surface area contributed by atoms with E-state index in [0.717, 1.165) is 37.3 Å². The van der Waals surface area contributed by atoms with Gasteiger partial charge in [-0.05, 0) is 43.5 Å². The molecule has 0 radical (unpaired) electrons. The Labute approximate surface area is 184 Å². The molecule has 2 N–H and O–H groups in total. The van der Waals surface area contributed by atoms with Gasteiger partial charge in [-0.15, -0.1) is 0 Å². The molecule has 1 aromatic heterocycles. The van der Waals surface area contributed by atoms with Crippen LogP contribution in [0.4, 0.5) is 10.5 Å². The Morgan fingerprint density at radius 2 is 1.84 bits per heavy atom. The van der Waals surface area contributed by atoms with Gasteiger partial charge in [-0.25, -0.2) is 13.2 Å². The summed E-state index contributed by atoms with van der Waals surface area (Å²) in [6.07, 6.45) is 2.51. The van der Waals surface area contributed by atoms with Crippen LogP contribution in [0, 0.1) is 6.92 Å². The fraction of sp³-hybridized carbons (Fsp3) is 0.455. The molecule has 0 saturated carbocycles. The zero-order chi connectivity index (χ0) is 22.4. The zero-order valence-corrected chi connectivity index (χ0v) is 19.0. The summed E-state index contributed by atoms with van der Waals surface area (Å²) in [7, 11) is -3.10. The number of carbonyl (C=O) groups excluding carboxylic acids is 1. The topological polar surface area (TPSA) is 99.8 Å². The molecule has 0 bridgehead atoms. The maximum Gasteiger partial charge on any atom is 0.319 e. The first-order valence-electron chi connectivity index (χ1n) is 10.6. The van der Waals surface area contributed by atoms with Gasteiger partial charge in [0.25, 0.3) is 0 Å². The third-order valence-electron chi connectivity index (χ3n) is 5.61. The molecule has 0 spiro atoms. The molecule has 2 aromatic rings. The highest BCUT2D eigenvalue weighted by molar-refractivity contribution is 7.89. The molecule has 3 rings (SSSR count). The largest absolute Gasteiger partial charge is 0.351 e. The van der Waals surface area contributed by atoms with E-state index in [1.54, 1.807) is 17.4 Å². The van der Waals surface area contributed by atoms with Crippen LogP contribution in [0.2, 0.25) is 0 Å². The molecule has 2 heterocycles. The van der Waals surface area contributed by atoms with Gasteiger partial charge in [0.1, 0.15) is 0 Å². The number of aryl methyl sites for hydroxylation is 1. The van der Waals surface area contributed by atoms with Crippen LogP contribution in [0.15, 0.2) is 42.6 Å². The monoisotopic (exact) mass is 445 g/mol. The van der Waals surface area contributed by atoms with Gasteiger partial charge in [0, 0.05) is 38.4 Å². The number of amides is 2. The summed E-state index contributed by atoms with van der Waals surface area (Å²) in [6, 6.07) is 11.3. The van der Waals surface area contributed by atoms with E-state index in [9.17, 15) is 13.2 Å². The van der Waals surface area contributed by atoms with Crippen molar-refractivity contribution in [3.8, 4) is 0 Å². The van der Waals surface area contributed by atoms with Crippen LogP contribution in [0.3, 0.4) is 0 Å². The lowest BCUT2D eigenvalue weighted by Gasteiger charge is -2.33. The predicted octanol–water partition coefficient (Wildman–Crippen LogP) is 1.99. The Bertz CT molecular complexity index is 986. The highest BCUT2D eigenvalue weighted by Gasteiger charge is 2.25. The standard InChI is InChI=1S/C22H31N5O3S/c1-3-31(29,30)26-13-11-25(12-14-26)10-9-19-5-4-6-20(15-19)17-27(22(23)28)21-8-7-18(2)24-16-21/h4-8,15-16H,3,9-14,17H2,1-2H3,(H2,23,28). The smallest absolute Gasteiger partial charge is 0.319 e. The normalized spacial score (nSPS) is 15.7. The Morgan fingerprint density at radius 3 is 2.45 bits per heavy atom. The van der Waals surface area contributed by atoms with Crippen LogP contribution in [-0.4, -0.2) is 67.1 Å². The summed E-state index contributed by atoms with van der Waals surface area (Å²) in [5.41, 5.74) is 9.32. The maximum atomic E-state index is 12.0. The number of benzene rings is 1. The SMILES string of the molecule is CCS(=O)(=O)N1CCN(CCc2cccc(CN(C(N)=O)c3ccc(C)nc3)c2)CC1. The van der Waals surface area contributed by atoms with Crippen molar-refractivity contribution in [3.63, 3.8) is 0 Å². The lowest BCUT2D eigenvalue weighted by atomic mass is 10.1. The third kappa shape index (κ3) is 6.25. The second-order valence-corrected chi connectivity index (χ2v) is 10.1. The number of primary amides is 1. The van der Waals surface area contributed by atoms with Gasteiger partial charge in [-0.2, -0.15) is 4.31 Å². The zero-order valence-electron chi connectivity index (χ0n) is 18.2. The fourth-order valence-corrected chi connectivity index (χ4v) is 4.77. The van der Waals surface area contributed by atoms with Crippen molar-refractivity contribution in [2.75, 3.05) is 43.4 Å². The molecule has 9 heteroatoms. The molecule has 0 aliphatic carbocycles. The fourth-order valence-electron chi connectivity index (χ4n) is 3.68. The van der Waals surface area contributed by atoms with Crippen LogP contribution in [0.25, 0.3) is 0 Å². The quantitative estimate of drug-likeness (QED) is 0.670. The molecule has 1 aliphatic heterocycles. The van der Waals surface area contributed by atoms with E-state index in [1.807, 2.05) is 31.2 Å². The molecule has 1 aromatic carbocycles. The number of hydrogen-bond acceptors (Lipinski definition) is 5. The predicted molar refractivity (Wildman–Crippen MR) is 122 cm³/mol. The molecule has 8 nitrogen and oxygen atoms in total. The summed E-state index contributed by atoms with van der Waals surface area (Å²) in [5, 5.41) is 0. The number of hydrogen-bond donors (Lipinski definition) is 1. The van der Waals surface area contributed by atoms with E-state index in [4.69, 9.17) is 5.73 Å². The lowest BCUT2D eigenvalue weighted by Crippen LogP contribution is -2.49. The summed E-state index contributed by atoms with van der Waals surface area (Å²) in [4.78, 5) is 20.1. The van der Waals surface area contributed by atoms with E-state index in [-0.39, 0.29) is 5.75 Å². The molecule has 1 aliphatic rings. The second-order valence-electron chi connectivity index (χ2n) is 7.79. The van der Waals surface area contributed by atoms with E-state index in [2.05, 4.69) is 22.0 Å². The van der Waals surface area contributed by atoms with Crippen molar-refractivity contribution in [1.82, 2.24) is 14.2 Å². The average molecular weight is 446 g/mol.